The molecule has 0 aromatic heterocycles. The third-order valence-corrected chi connectivity index (χ3v) is 4.30. The monoisotopic (exact) mass is 262 g/mol. The van der Waals surface area contributed by atoms with Gasteiger partial charge in [-0.05, 0) is 42.9 Å². The van der Waals surface area contributed by atoms with E-state index in [0.717, 1.165) is 17.6 Å². The molecule has 0 N–H and O–H groups in total. The molecule has 1 aliphatic carbocycles. The van der Waals surface area contributed by atoms with Crippen molar-refractivity contribution in [3.05, 3.63) is 23.3 Å². The maximum atomic E-state index is 11.8. The summed E-state index contributed by atoms with van der Waals surface area (Å²) in [6.45, 7) is 8.13. The lowest BCUT2D eigenvalue weighted by Crippen LogP contribution is -2.25. The molecule has 0 bridgehead atoms. The fraction of sp³-hybridized carbons (Fsp3) is 0.625. The Balaban J connectivity index is 2.28. The summed E-state index contributed by atoms with van der Waals surface area (Å²) in [6, 6.07) is 0. The molecule has 2 rings (SSSR count). The molecule has 1 fully saturated rings. The van der Waals surface area contributed by atoms with E-state index in [1.54, 1.807) is 0 Å². The molecule has 2 aliphatic rings. The van der Waals surface area contributed by atoms with Gasteiger partial charge in [0.05, 0.1) is 0 Å². The van der Waals surface area contributed by atoms with Crippen LogP contribution in [0.3, 0.4) is 0 Å². The number of hydrogen-bond acceptors (Lipinski definition) is 3. The van der Waals surface area contributed by atoms with E-state index in [0.29, 0.717) is 19.3 Å². The van der Waals surface area contributed by atoms with Crippen LogP contribution in [0.5, 0.6) is 0 Å². The number of Topliss-reactive ketones (excluding diaryl/α,β-unsaturated/α-hetero) is 1. The smallest absolute Gasteiger partial charge is 0.306 e. The molecule has 0 amide bonds. The third kappa shape index (κ3) is 2.80. The second-order valence-electron chi connectivity index (χ2n) is 6.47. The van der Waals surface area contributed by atoms with Gasteiger partial charge in [0.25, 0.3) is 0 Å². The molecule has 19 heavy (non-hydrogen) atoms. The van der Waals surface area contributed by atoms with Gasteiger partial charge < -0.3 is 4.74 Å². The van der Waals surface area contributed by atoms with Gasteiger partial charge >= 0.3 is 5.97 Å². The molecule has 1 heterocycles. The zero-order valence-electron chi connectivity index (χ0n) is 12.2. The Morgan fingerprint density at radius 2 is 1.79 bits per heavy atom. The SMILES string of the molecule is CC1=C(C=CC2(C)CCC(=O)O2)C(C)(C)CCC1=O. The highest BCUT2D eigenvalue weighted by atomic mass is 16.6. The summed E-state index contributed by atoms with van der Waals surface area (Å²) in [5.41, 5.74) is 1.42. The van der Waals surface area contributed by atoms with Crippen molar-refractivity contribution in [3.8, 4) is 0 Å². The van der Waals surface area contributed by atoms with Gasteiger partial charge in [-0.2, -0.15) is 0 Å². The first-order chi connectivity index (χ1) is 8.73. The fourth-order valence-corrected chi connectivity index (χ4v) is 2.85. The van der Waals surface area contributed by atoms with Crippen molar-refractivity contribution in [2.75, 3.05) is 0 Å². The molecular weight excluding hydrogens is 240 g/mol. The molecule has 0 aromatic carbocycles. The van der Waals surface area contributed by atoms with Crippen LogP contribution >= 0.6 is 0 Å². The highest BCUT2D eigenvalue weighted by Gasteiger charge is 2.35. The Bertz CT molecular complexity index is 482. The number of cyclic esters (lactones) is 1. The molecule has 1 saturated heterocycles. The fourth-order valence-electron chi connectivity index (χ4n) is 2.85. The predicted molar refractivity (Wildman–Crippen MR) is 73.6 cm³/mol. The van der Waals surface area contributed by atoms with Gasteiger partial charge in [-0.15, -0.1) is 0 Å². The summed E-state index contributed by atoms with van der Waals surface area (Å²) >= 11 is 0. The highest BCUT2D eigenvalue weighted by molar-refractivity contribution is 5.97. The van der Waals surface area contributed by atoms with Crippen molar-refractivity contribution in [2.45, 2.75) is 59.0 Å². The van der Waals surface area contributed by atoms with E-state index >= 15 is 0 Å². The molecule has 1 aliphatic heterocycles. The quantitative estimate of drug-likeness (QED) is 0.717. The van der Waals surface area contributed by atoms with E-state index in [9.17, 15) is 9.59 Å². The van der Waals surface area contributed by atoms with Crippen LogP contribution in [-0.4, -0.2) is 17.4 Å². The van der Waals surface area contributed by atoms with Crippen molar-refractivity contribution in [1.82, 2.24) is 0 Å². The number of ketones is 1. The van der Waals surface area contributed by atoms with Gasteiger partial charge in [-0.25, -0.2) is 0 Å². The highest BCUT2D eigenvalue weighted by Crippen LogP contribution is 2.40. The first-order valence-electron chi connectivity index (χ1n) is 6.89. The van der Waals surface area contributed by atoms with Crippen LogP contribution in [-0.2, 0) is 14.3 Å². The van der Waals surface area contributed by atoms with Crippen LogP contribution in [0.1, 0.15) is 53.4 Å². The minimum Gasteiger partial charge on any atom is -0.455 e. The third-order valence-electron chi connectivity index (χ3n) is 4.30. The summed E-state index contributed by atoms with van der Waals surface area (Å²) < 4.78 is 5.34. The van der Waals surface area contributed by atoms with Crippen LogP contribution in [0.4, 0.5) is 0 Å². The molecule has 104 valence electrons. The standard InChI is InChI=1S/C16H22O3/c1-11-12(15(2,3)8-6-13(11)17)5-9-16(4)10-7-14(18)19-16/h5,9H,6-8,10H2,1-4H3. The summed E-state index contributed by atoms with van der Waals surface area (Å²) in [6.07, 6.45) is 6.62. The lowest BCUT2D eigenvalue weighted by molar-refractivity contribution is -0.144. The summed E-state index contributed by atoms with van der Waals surface area (Å²) in [7, 11) is 0. The Morgan fingerprint density at radius 1 is 1.11 bits per heavy atom. The summed E-state index contributed by atoms with van der Waals surface area (Å²) in [5.74, 6) is 0.0874. The van der Waals surface area contributed by atoms with Crippen LogP contribution in [0.25, 0.3) is 0 Å². The van der Waals surface area contributed by atoms with E-state index in [2.05, 4.69) is 13.8 Å². The zero-order chi connectivity index (χ0) is 14.3. The Labute approximate surface area is 114 Å². The first kappa shape index (κ1) is 14.0. The van der Waals surface area contributed by atoms with Crippen LogP contribution in [0, 0.1) is 5.41 Å². The van der Waals surface area contributed by atoms with E-state index in [4.69, 9.17) is 4.74 Å². The van der Waals surface area contributed by atoms with Crippen molar-refractivity contribution >= 4 is 11.8 Å². The van der Waals surface area contributed by atoms with Crippen molar-refractivity contribution in [3.63, 3.8) is 0 Å². The molecule has 0 aromatic rings. The number of carbonyl (C=O) groups excluding carboxylic acids is 2. The van der Waals surface area contributed by atoms with E-state index < -0.39 is 5.60 Å². The average Bonchev–Trinajstić information content (AvgIpc) is 2.65. The summed E-state index contributed by atoms with van der Waals surface area (Å²) in [4.78, 5) is 23.1. The predicted octanol–water partition coefficient (Wildman–Crippen LogP) is 3.34. The normalized spacial score (nSPS) is 31.2. The van der Waals surface area contributed by atoms with Crippen molar-refractivity contribution < 1.29 is 14.3 Å². The van der Waals surface area contributed by atoms with Gasteiger partial charge in [0.2, 0.25) is 0 Å². The van der Waals surface area contributed by atoms with Crippen molar-refractivity contribution in [2.24, 2.45) is 5.41 Å². The molecule has 3 heteroatoms. The van der Waals surface area contributed by atoms with E-state index in [-0.39, 0.29) is 17.2 Å². The van der Waals surface area contributed by atoms with Gasteiger partial charge in [-0.1, -0.05) is 19.9 Å². The van der Waals surface area contributed by atoms with Crippen molar-refractivity contribution in [1.29, 1.82) is 0 Å². The molecule has 1 unspecified atom stereocenters. The number of rotatable bonds is 2. The summed E-state index contributed by atoms with van der Waals surface area (Å²) in [5, 5.41) is 0. The zero-order valence-corrected chi connectivity index (χ0v) is 12.2. The molecule has 1 atom stereocenters. The maximum Gasteiger partial charge on any atom is 0.306 e. The second kappa shape index (κ2) is 4.62. The van der Waals surface area contributed by atoms with Gasteiger partial charge in [-0.3, -0.25) is 9.59 Å². The molecule has 0 radical (unpaired) electrons. The first-order valence-corrected chi connectivity index (χ1v) is 6.89. The number of allylic oxidation sites excluding steroid dienone is 3. The Hall–Kier alpha value is -1.38. The number of carbonyl (C=O) groups is 2. The Kier molecular flexibility index (Phi) is 3.41. The molecule has 3 nitrogen and oxygen atoms in total. The van der Waals surface area contributed by atoms with Gasteiger partial charge in [0.15, 0.2) is 5.78 Å². The topological polar surface area (TPSA) is 43.4 Å². The average molecular weight is 262 g/mol. The minimum atomic E-state index is -0.513. The lowest BCUT2D eigenvalue weighted by atomic mass is 9.72. The van der Waals surface area contributed by atoms with E-state index in [1.807, 2.05) is 26.0 Å². The number of hydrogen-bond donors (Lipinski definition) is 0. The number of ether oxygens (including phenoxy) is 1. The van der Waals surface area contributed by atoms with E-state index in [1.165, 1.54) is 0 Å². The lowest BCUT2D eigenvalue weighted by Gasteiger charge is -2.32. The molecular formula is C16H22O3. The second-order valence-corrected chi connectivity index (χ2v) is 6.47. The molecule has 0 spiro atoms. The maximum absolute atomic E-state index is 11.8. The Morgan fingerprint density at radius 3 is 2.37 bits per heavy atom. The molecule has 0 saturated carbocycles. The van der Waals surface area contributed by atoms with Crippen LogP contribution < -0.4 is 0 Å². The number of esters is 1. The van der Waals surface area contributed by atoms with Crippen LogP contribution in [0.2, 0.25) is 0 Å². The van der Waals surface area contributed by atoms with Gasteiger partial charge in [0.1, 0.15) is 5.60 Å². The van der Waals surface area contributed by atoms with Crippen LogP contribution in [0.15, 0.2) is 23.3 Å². The largest absolute Gasteiger partial charge is 0.455 e. The minimum absolute atomic E-state index is 0.00741. The van der Waals surface area contributed by atoms with Gasteiger partial charge in [0, 0.05) is 19.3 Å².